The first-order valence-corrected chi connectivity index (χ1v) is 7.15. The van der Waals surface area contributed by atoms with Crippen LogP contribution in [0.4, 0.5) is 0 Å². The van der Waals surface area contributed by atoms with E-state index in [1.54, 1.807) is 23.6 Å². The Morgan fingerprint density at radius 1 is 1.15 bits per heavy atom. The number of hydrogen-bond donors (Lipinski definition) is 0. The SMILES string of the molecule is Cc1nn(C)c(C)c1C(=O)C(=O)N1C[C@@H](C)C[C@H](C)C1. The van der Waals surface area contributed by atoms with Crippen LogP contribution in [-0.4, -0.2) is 39.5 Å². The molecule has 5 heteroatoms. The molecule has 0 bridgehead atoms. The van der Waals surface area contributed by atoms with Crippen LogP contribution >= 0.6 is 0 Å². The fraction of sp³-hybridized carbons (Fsp3) is 0.667. The van der Waals surface area contributed by atoms with Crippen molar-refractivity contribution in [2.75, 3.05) is 13.1 Å². The molecule has 0 unspecified atom stereocenters. The summed E-state index contributed by atoms with van der Waals surface area (Å²) in [6.45, 7) is 9.19. The van der Waals surface area contributed by atoms with Crippen LogP contribution in [0.25, 0.3) is 0 Å². The third-order valence-electron chi connectivity index (χ3n) is 4.09. The number of rotatable bonds is 2. The molecule has 2 atom stereocenters. The summed E-state index contributed by atoms with van der Waals surface area (Å²) in [4.78, 5) is 26.6. The monoisotopic (exact) mass is 277 g/mol. The van der Waals surface area contributed by atoms with Gasteiger partial charge in [-0.2, -0.15) is 5.10 Å². The summed E-state index contributed by atoms with van der Waals surface area (Å²) in [7, 11) is 1.79. The first-order valence-electron chi connectivity index (χ1n) is 7.15. The predicted molar refractivity (Wildman–Crippen MR) is 76.5 cm³/mol. The molecule has 1 aromatic heterocycles. The topological polar surface area (TPSA) is 55.2 Å². The van der Waals surface area contributed by atoms with Crippen molar-refractivity contribution in [3.05, 3.63) is 17.0 Å². The number of ketones is 1. The minimum Gasteiger partial charge on any atom is -0.335 e. The minimum absolute atomic E-state index is 0.386. The van der Waals surface area contributed by atoms with Gasteiger partial charge in [0.2, 0.25) is 0 Å². The van der Waals surface area contributed by atoms with Crippen LogP contribution in [0.15, 0.2) is 0 Å². The molecule has 0 aliphatic carbocycles. The van der Waals surface area contributed by atoms with Gasteiger partial charge in [0.05, 0.1) is 11.3 Å². The van der Waals surface area contributed by atoms with E-state index < -0.39 is 5.78 Å². The van der Waals surface area contributed by atoms with Gasteiger partial charge in [-0.15, -0.1) is 0 Å². The van der Waals surface area contributed by atoms with Crippen LogP contribution in [0.2, 0.25) is 0 Å². The molecule has 5 nitrogen and oxygen atoms in total. The van der Waals surface area contributed by atoms with E-state index in [0.717, 1.165) is 12.1 Å². The molecule has 0 spiro atoms. The number of aryl methyl sites for hydroxylation is 2. The summed E-state index contributed by atoms with van der Waals surface area (Å²) >= 11 is 0. The van der Waals surface area contributed by atoms with E-state index in [9.17, 15) is 9.59 Å². The van der Waals surface area contributed by atoms with Crippen LogP contribution in [0.3, 0.4) is 0 Å². The molecule has 1 fully saturated rings. The molecule has 2 heterocycles. The lowest BCUT2D eigenvalue weighted by Crippen LogP contribution is -2.45. The maximum absolute atomic E-state index is 12.5. The van der Waals surface area contributed by atoms with E-state index in [1.807, 2.05) is 6.92 Å². The van der Waals surface area contributed by atoms with Crippen molar-refractivity contribution in [1.29, 1.82) is 0 Å². The van der Waals surface area contributed by atoms with Crippen LogP contribution in [0.5, 0.6) is 0 Å². The summed E-state index contributed by atoms with van der Waals surface area (Å²) in [6.07, 6.45) is 1.11. The smallest absolute Gasteiger partial charge is 0.295 e. The van der Waals surface area contributed by atoms with Gasteiger partial charge in [-0.3, -0.25) is 14.3 Å². The molecule has 0 saturated carbocycles. The van der Waals surface area contributed by atoms with E-state index in [1.165, 1.54) is 0 Å². The van der Waals surface area contributed by atoms with Crippen molar-refractivity contribution in [2.24, 2.45) is 18.9 Å². The van der Waals surface area contributed by atoms with Crippen molar-refractivity contribution >= 4 is 11.7 Å². The van der Waals surface area contributed by atoms with Crippen LogP contribution in [0.1, 0.15) is 42.0 Å². The number of carbonyl (C=O) groups is 2. The molecule has 1 amide bonds. The number of aromatic nitrogens is 2. The molecule has 1 saturated heterocycles. The third-order valence-corrected chi connectivity index (χ3v) is 4.09. The number of hydrogen-bond acceptors (Lipinski definition) is 3. The van der Waals surface area contributed by atoms with Crippen molar-refractivity contribution in [3.8, 4) is 0 Å². The number of likely N-dealkylation sites (tertiary alicyclic amines) is 1. The van der Waals surface area contributed by atoms with Gasteiger partial charge in [-0.05, 0) is 32.1 Å². The molecule has 0 N–H and O–H groups in total. The zero-order valence-corrected chi connectivity index (χ0v) is 12.9. The number of carbonyl (C=O) groups excluding carboxylic acids is 2. The second-order valence-electron chi connectivity index (χ2n) is 6.15. The number of Topliss-reactive ketones (excluding diaryl/α,β-unsaturated/α-hetero) is 1. The Hall–Kier alpha value is -1.65. The fourth-order valence-electron chi connectivity index (χ4n) is 3.18. The van der Waals surface area contributed by atoms with Crippen molar-refractivity contribution in [1.82, 2.24) is 14.7 Å². The predicted octanol–water partition coefficient (Wildman–Crippen LogP) is 1.72. The first-order chi connectivity index (χ1) is 9.31. The lowest BCUT2D eigenvalue weighted by Gasteiger charge is -2.34. The van der Waals surface area contributed by atoms with Crippen molar-refractivity contribution < 1.29 is 9.59 Å². The third kappa shape index (κ3) is 2.62. The summed E-state index contributed by atoms with van der Waals surface area (Å²) in [5.41, 5.74) is 1.84. The number of amides is 1. The molecule has 2 rings (SSSR count). The number of nitrogens with zero attached hydrogens (tertiary/aromatic N) is 3. The highest BCUT2D eigenvalue weighted by atomic mass is 16.2. The fourth-order valence-corrected chi connectivity index (χ4v) is 3.18. The second-order valence-corrected chi connectivity index (χ2v) is 6.15. The quantitative estimate of drug-likeness (QED) is 0.611. The Balaban J connectivity index is 2.22. The molecular formula is C15H23N3O2. The van der Waals surface area contributed by atoms with E-state index >= 15 is 0 Å². The average molecular weight is 277 g/mol. The van der Waals surface area contributed by atoms with Crippen LogP contribution < -0.4 is 0 Å². The molecule has 0 radical (unpaired) electrons. The molecular weight excluding hydrogens is 254 g/mol. The average Bonchev–Trinajstić information content (AvgIpc) is 2.60. The lowest BCUT2D eigenvalue weighted by atomic mass is 9.91. The van der Waals surface area contributed by atoms with Crippen LogP contribution in [-0.2, 0) is 11.8 Å². The van der Waals surface area contributed by atoms with Crippen LogP contribution in [0, 0.1) is 25.7 Å². The van der Waals surface area contributed by atoms with Crippen molar-refractivity contribution in [3.63, 3.8) is 0 Å². The van der Waals surface area contributed by atoms with E-state index in [0.29, 0.717) is 36.2 Å². The van der Waals surface area contributed by atoms with E-state index in [2.05, 4.69) is 18.9 Å². The maximum Gasteiger partial charge on any atom is 0.295 e. The van der Waals surface area contributed by atoms with Gasteiger partial charge in [0.25, 0.3) is 11.7 Å². The highest BCUT2D eigenvalue weighted by molar-refractivity contribution is 6.43. The zero-order chi connectivity index (χ0) is 15.0. The Labute approximate surface area is 119 Å². The summed E-state index contributed by atoms with van der Waals surface area (Å²) in [6, 6.07) is 0. The zero-order valence-electron chi connectivity index (χ0n) is 12.9. The summed E-state index contributed by atoms with van der Waals surface area (Å²) in [5, 5.41) is 4.21. The van der Waals surface area contributed by atoms with Gasteiger partial charge in [0, 0.05) is 25.8 Å². The number of piperidine rings is 1. The molecule has 1 aliphatic rings. The Bertz CT molecular complexity index is 538. The second kappa shape index (κ2) is 5.38. The lowest BCUT2D eigenvalue weighted by molar-refractivity contribution is -0.129. The molecule has 0 aromatic carbocycles. The van der Waals surface area contributed by atoms with Gasteiger partial charge in [-0.1, -0.05) is 13.8 Å². The normalized spacial score (nSPS) is 22.9. The molecule has 1 aromatic rings. The van der Waals surface area contributed by atoms with Gasteiger partial charge >= 0.3 is 0 Å². The Kier molecular flexibility index (Phi) is 3.97. The van der Waals surface area contributed by atoms with Gasteiger partial charge < -0.3 is 4.90 Å². The standard InChI is InChI=1S/C15H23N3O2/c1-9-6-10(2)8-18(7-9)15(20)14(19)13-11(3)16-17(5)12(13)4/h9-10H,6-8H2,1-5H3/t9-,10-/m0/s1. The van der Waals surface area contributed by atoms with Gasteiger partial charge in [0.15, 0.2) is 0 Å². The highest BCUT2D eigenvalue weighted by Crippen LogP contribution is 2.22. The summed E-state index contributed by atoms with van der Waals surface area (Å²) < 4.78 is 1.65. The van der Waals surface area contributed by atoms with Gasteiger partial charge in [-0.25, -0.2) is 0 Å². The maximum atomic E-state index is 12.5. The highest BCUT2D eigenvalue weighted by Gasteiger charge is 2.32. The Morgan fingerprint density at radius 2 is 1.70 bits per heavy atom. The molecule has 20 heavy (non-hydrogen) atoms. The summed E-state index contributed by atoms with van der Waals surface area (Å²) in [5.74, 6) is 0.0928. The van der Waals surface area contributed by atoms with Gasteiger partial charge in [0.1, 0.15) is 0 Å². The van der Waals surface area contributed by atoms with E-state index in [4.69, 9.17) is 0 Å². The molecule has 110 valence electrons. The first kappa shape index (κ1) is 14.8. The Morgan fingerprint density at radius 3 is 2.15 bits per heavy atom. The largest absolute Gasteiger partial charge is 0.335 e. The van der Waals surface area contributed by atoms with Crippen molar-refractivity contribution in [2.45, 2.75) is 34.1 Å². The van der Waals surface area contributed by atoms with E-state index in [-0.39, 0.29) is 5.91 Å². The minimum atomic E-state index is -0.422. The molecule has 1 aliphatic heterocycles.